The minimum atomic E-state index is -0.521. The number of aromatic nitrogens is 6. The van der Waals surface area contributed by atoms with E-state index < -0.39 is 5.97 Å². The molecule has 5 rings (SSSR count). The molecule has 0 aliphatic carbocycles. The summed E-state index contributed by atoms with van der Waals surface area (Å²) in [6.45, 7) is -0.133. The molecule has 0 saturated heterocycles. The number of ether oxygens (including phenoxy) is 1. The Morgan fingerprint density at radius 3 is 2.38 bits per heavy atom. The number of carbonyl (C=O) groups is 1. The van der Waals surface area contributed by atoms with Gasteiger partial charge in [-0.15, -0.1) is 10.2 Å². The van der Waals surface area contributed by atoms with Crippen LogP contribution in [0.25, 0.3) is 27.5 Å². The van der Waals surface area contributed by atoms with Gasteiger partial charge in [0.25, 0.3) is 11.1 Å². The molecule has 0 radical (unpaired) electrons. The molecule has 2 aromatic carbocycles. The summed E-state index contributed by atoms with van der Waals surface area (Å²) in [7, 11) is 3.16. The highest BCUT2D eigenvalue weighted by molar-refractivity contribution is 5.87. The Morgan fingerprint density at radius 2 is 1.59 bits per heavy atom. The maximum Gasteiger partial charge on any atom is 0.312 e. The van der Waals surface area contributed by atoms with Crippen molar-refractivity contribution in [3.8, 4) is 0 Å². The number of aryl methyl sites for hydroxylation is 2. The Morgan fingerprint density at radius 1 is 0.906 bits per heavy atom. The quantitative estimate of drug-likeness (QED) is 0.393. The van der Waals surface area contributed by atoms with E-state index >= 15 is 0 Å². The normalized spacial score (nSPS) is 11.4. The van der Waals surface area contributed by atoms with Crippen LogP contribution in [-0.4, -0.2) is 34.9 Å². The monoisotopic (exact) mass is 430 g/mol. The van der Waals surface area contributed by atoms with Crippen molar-refractivity contribution in [1.29, 1.82) is 0 Å². The van der Waals surface area contributed by atoms with Crippen LogP contribution in [0.4, 0.5) is 0 Å². The van der Waals surface area contributed by atoms with Gasteiger partial charge in [-0.05, 0) is 18.2 Å². The van der Waals surface area contributed by atoms with Gasteiger partial charge in [-0.3, -0.25) is 23.4 Å². The predicted molar refractivity (Wildman–Crippen MR) is 116 cm³/mol. The number of rotatable bonds is 4. The topological polar surface area (TPSA) is 113 Å². The van der Waals surface area contributed by atoms with Gasteiger partial charge in [-0.2, -0.15) is 5.10 Å². The van der Waals surface area contributed by atoms with Crippen LogP contribution in [0.1, 0.15) is 11.5 Å². The van der Waals surface area contributed by atoms with Crippen molar-refractivity contribution in [3.63, 3.8) is 0 Å². The zero-order valence-corrected chi connectivity index (χ0v) is 17.3. The molecular formula is C22H18N6O4. The molecule has 0 fully saturated rings. The number of esters is 1. The van der Waals surface area contributed by atoms with Crippen LogP contribution in [0.5, 0.6) is 0 Å². The van der Waals surface area contributed by atoms with Crippen molar-refractivity contribution in [2.24, 2.45) is 14.1 Å². The average molecular weight is 430 g/mol. The van der Waals surface area contributed by atoms with Gasteiger partial charge in [0, 0.05) is 19.5 Å². The Hall–Kier alpha value is -4.34. The van der Waals surface area contributed by atoms with Gasteiger partial charge in [0.1, 0.15) is 0 Å². The lowest BCUT2D eigenvalue weighted by molar-refractivity contribution is -0.144. The first-order valence-electron chi connectivity index (χ1n) is 9.88. The van der Waals surface area contributed by atoms with E-state index in [2.05, 4.69) is 15.3 Å². The van der Waals surface area contributed by atoms with E-state index in [1.807, 2.05) is 6.07 Å². The third-order valence-electron chi connectivity index (χ3n) is 5.40. The fraction of sp³-hybridized carbons (Fsp3) is 0.182. The first kappa shape index (κ1) is 19.6. The fourth-order valence-corrected chi connectivity index (χ4v) is 3.82. The number of benzene rings is 2. The summed E-state index contributed by atoms with van der Waals surface area (Å²) >= 11 is 0. The summed E-state index contributed by atoms with van der Waals surface area (Å²) in [6.07, 6.45) is -0.107. The summed E-state index contributed by atoms with van der Waals surface area (Å²) in [5, 5.41) is 14.0. The smallest absolute Gasteiger partial charge is 0.312 e. The summed E-state index contributed by atoms with van der Waals surface area (Å²) in [5.41, 5.74) is 0.667. The second-order valence-electron chi connectivity index (χ2n) is 7.39. The maximum absolute atomic E-state index is 12.6. The summed E-state index contributed by atoms with van der Waals surface area (Å²) in [6, 6.07) is 14.1. The Labute approximate surface area is 180 Å². The SMILES string of the molecule is Cn1nc(CC(=O)OCc2nnc3n(C)c(=O)c4ccccc4n23)c2ccccc2c1=O. The number of para-hydroxylation sites is 1. The Kier molecular flexibility index (Phi) is 4.54. The van der Waals surface area contributed by atoms with Crippen LogP contribution >= 0.6 is 0 Å². The second-order valence-corrected chi connectivity index (χ2v) is 7.39. The predicted octanol–water partition coefficient (Wildman–Crippen LogP) is 1.11. The summed E-state index contributed by atoms with van der Waals surface area (Å²) in [4.78, 5) is 37.4. The molecule has 0 amide bonds. The highest BCUT2D eigenvalue weighted by atomic mass is 16.5. The van der Waals surface area contributed by atoms with Crippen LogP contribution in [0, 0.1) is 0 Å². The van der Waals surface area contributed by atoms with E-state index in [9.17, 15) is 14.4 Å². The molecule has 3 aromatic heterocycles. The molecule has 0 bridgehead atoms. The molecule has 0 aliphatic heterocycles. The zero-order chi connectivity index (χ0) is 22.4. The van der Waals surface area contributed by atoms with Crippen LogP contribution in [0.2, 0.25) is 0 Å². The molecule has 0 saturated carbocycles. The van der Waals surface area contributed by atoms with Crippen molar-refractivity contribution in [2.75, 3.05) is 0 Å². The van der Waals surface area contributed by atoms with E-state index in [-0.39, 0.29) is 24.1 Å². The number of carbonyl (C=O) groups excluding carboxylic acids is 1. The fourth-order valence-electron chi connectivity index (χ4n) is 3.82. The molecule has 10 heteroatoms. The zero-order valence-electron chi connectivity index (χ0n) is 17.3. The molecular weight excluding hydrogens is 412 g/mol. The lowest BCUT2D eigenvalue weighted by atomic mass is 10.1. The summed E-state index contributed by atoms with van der Waals surface area (Å²) in [5.74, 6) is 0.219. The van der Waals surface area contributed by atoms with Crippen molar-refractivity contribution < 1.29 is 9.53 Å². The highest BCUT2D eigenvalue weighted by Gasteiger charge is 2.17. The second kappa shape index (κ2) is 7.41. The van der Waals surface area contributed by atoms with Crippen LogP contribution < -0.4 is 11.1 Å². The van der Waals surface area contributed by atoms with E-state index in [0.29, 0.717) is 39.0 Å². The number of fused-ring (bicyclic) bond motifs is 4. The van der Waals surface area contributed by atoms with Crippen molar-refractivity contribution >= 4 is 33.4 Å². The minimum Gasteiger partial charge on any atom is -0.457 e. The molecule has 160 valence electrons. The van der Waals surface area contributed by atoms with Crippen molar-refractivity contribution in [3.05, 3.63) is 80.8 Å². The Bertz CT molecular complexity index is 1650. The first-order chi connectivity index (χ1) is 15.5. The molecule has 0 N–H and O–H groups in total. The number of hydrogen-bond donors (Lipinski definition) is 0. The third-order valence-corrected chi connectivity index (χ3v) is 5.40. The van der Waals surface area contributed by atoms with E-state index in [0.717, 1.165) is 0 Å². The van der Waals surface area contributed by atoms with Gasteiger partial charge in [-0.25, -0.2) is 4.68 Å². The molecule has 0 spiro atoms. The lowest BCUT2D eigenvalue weighted by Gasteiger charge is -2.09. The van der Waals surface area contributed by atoms with Gasteiger partial charge >= 0.3 is 5.97 Å². The molecule has 5 aromatic rings. The minimum absolute atomic E-state index is 0.107. The van der Waals surface area contributed by atoms with Crippen molar-refractivity contribution in [2.45, 2.75) is 13.0 Å². The van der Waals surface area contributed by atoms with E-state index in [1.165, 1.54) is 9.25 Å². The maximum atomic E-state index is 12.6. The molecule has 32 heavy (non-hydrogen) atoms. The highest BCUT2D eigenvalue weighted by Crippen LogP contribution is 2.16. The van der Waals surface area contributed by atoms with E-state index in [4.69, 9.17) is 4.74 Å². The number of nitrogens with zero attached hydrogens (tertiary/aromatic N) is 6. The van der Waals surface area contributed by atoms with Gasteiger partial charge in [0.15, 0.2) is 12.4 Å². The lowest BCUT2D eigenvalue weighted by Crippen LogP contribution is -2.23. The third kappa shape index (κ3) is 3.04. The first-order valence-corrected chi connectivity index (χ1v) is 9.88. The van der Waals surface area contributed by atoms with Gasteiger partial charge in [0.2, 0.25) is 5.78 Å². The van der Waals surface area contributed by atoms with E-state index in [1.54, 1.807) is 61.0 Å². The van der Waals surface area contributed by atoms with Gasteiger partial charge in [-0.1, -0.05) is 30.3 Å². The Balaban J connectivity index is 1.46. The number of hydrogen-bond acceptors (Lipinski definition) is 7. The molecule has 0 unspecified atom stereocenters. The summed E-state index contributed by atoms with van der Waals surface area (Å²) < 4.78 is 9.77. The van der Waals surface area contributed by atoms with Crippen LogP contribution in [0.3, 0.4) is 0 Å². The molecule has 0 atom stereocenters. The van der Waals surface area contributed by atoms with Gasteiger partial charge < -0.3 is 4.74 Å². The van der Waals surface area contributed by atoms with Gasteiger partial charge in [0.05, 0.1) is 28.4 Å². The average Bonchev–Trinajstić information content (AvgIpc) is 3.24. The van der Waals surface area contributed by atoms with Crippen LogP contribution in [-0.2, 0) is 36.7 Å². The molecule has 3 heterocycles. The van der Waals surface area contributed by atoms with Crippen LogP contribution in [0.15, 0.2) is 58.1 Å². The molecule has 0 aliphatic rings. The largest absolute Gasteiger partial charge is 0.457 e. The van der Waals surface area contributed by atoms with Crippen molar-refractivity contribution in [1.82, 2.24) is 28.9 Å². The standard InChI is InChI=1S/C22H18N6O4/c1-26-20(30)15-9-5-6-10-17(15)28-18(23-24-22(26)28)12-32-19(29)11-16-13-7-3-4-8-14(13)21(31)27(2)25-16/h3-10H,11-12H2,1-2H3. The molecule has 10 nitrogen and oxygen atoms in total.